The van der Waals surface area contributed by atoms with Gasteiger partial charge >= 0.3 is 0 Å². The van der Waals surface area contributed by atoms with Crippen LogP contribution in [0.3, 0.4) is 0 Å². The van der Waals surface area contributed by atoms with Crippen molar-refractivity contribution in [1.82, 2.24) is 4.90 Å². The first-order valence-corrected chi connectivity index (χ1v) is 13.9. The van der Waals surface area contributed by atoms with Gasteiger partial charge in [-0.1, -0.05) is 35.3 Å². The molecule has 10 heteroatoms. The molecule has 0 unspecified atom stereocenters. The van der Waals surface area contributed by atoms with E-state index in [2.05, 4.69) is 4.90 Å². The van der Waals surface area contributed by atoms with Gasteiger partial charge in [-0.2, -0.15) is 0 Å². The molecule has 0 aromatic heterocycles. The number of likely N-dealkylation sites (N-methyl/N-ethyl adjacent to an activating group) is 1. The number of morpholine rings is 1. The lowest BCUT2D eigenvalue weighted by Crippen LogP contribution is -2.36. The molecular weight excluding hydrogens is 557 g/mol. The van der Waals surface area contributed by atoms with Gasteiger partial charge in [0.1, 0.15) is 6.61 Å². The van der Waals surface area contributed by atoms with Crippen molar-refractivity contribution >= 4 is 63.5 Å². The molecule has 2 saturated heterocycles. The van der Waals surface area contributed by atoms with Crippen LogP contribution in [0, 0.1) is 0 Å². The Morgan fingerprint density at radius 3 is 2.46 bits per heavy atom. The zero-order valence-corrected chi connectivity index (χ0v) is 23.9. The number of thioether (sulfide) groups is 1. The number of benzene rings is 3. The maximum atomic E-state index is 13.0. The summed E-state index contributed by atoms with van der Waals surface area (Å²) >= 11 is 13.8. The van der Waals surface area contributed by atoms with Crippen molar-refractivity contribution in [2.75, 3.05) is 45.4 Å². The third-order valence-electron chi connectivity index (χ3n) is 6.30. The monoisotopic (exact) mass is 583 g/mol. The number of methoxy groups -OCH3 is 1. The Morgan fingerprint density at radius 2 is 1.77 bits per heavy atom. The summed E-state index contributed by atoms with van der Waals surface area (Å²) in [5.74, 6) is 0.768. The fourth-order valence-corrected chi connectivity index (χ4v) is 5.56. The lowest BCUT2D eigenvalue weighted by molar-refractivity contribution is -0.121. The maximum Gasteiger partial charge on any atom is 0.266 e. The number of ether oxygens (including phenoxy) is 3. The molecule has 2 aliphatic rings. The number of hydrogen-bond donors (Lipinski definition) is 0. The minimum Gasteiger partial charge on any atom is -0.493 e. The SMILES string of the molecule is COc1cc(/C=C2\SC(=Nc3ccc(N4CCOCC4)cc3)N(C)C2=O)cc(Cl)c1OCc1ccc(Cl)cc1. The first kappa shape index (κ1) is 27.4. The van der Waals surface area contributed by atoms with Crippen LogP contribution >= 0.6 is 35.0 Å². The predicted molar refractivity (Wildman–Crippen MR) is 159 cm³/mol. The fourth-order valence-electron chi connectivity index (χ4n) is 4.17. The van der Waals surface area contributed by atoms with E-state index in [-0.39, 0.29) is 5.91 Å². The number of aliphatic imine (C=N–C) groups is 1. The molecule has 1 amide bonds. The normalized spacial score (nSPS) is 17.8. The lowest BCUT2D eigenvalue weighted by atomic mass is 10.1. The van der Waals surface area contributed by atoms with E-state index in [1.807, 2.05) is 36.4 Å². The Morgan fingerprint density at radius 1 is 1.05 bits per heavy atom. The van der Waals surface area contributed by atoms with Gasteiger partial charge in [0.25, 0.3) is 5.91 Å². The van der Waals surface area contributed by atoms with E-state index < -0.39 is 0 Å². The molecule has 3 aromatic rings. The van der Waals surface area contributed by atoms with E-state index >= 15 is 0 Å². The number of amidine groups is 1. The molecule has 2 fully saturated rings. The van der Waals surface area contributed by atoms with Gasteiger partial charge in [0.2, 0.25) is 0 Å². The van der Waals surface area contributed by atoms with Crippen molar-refractivity contribution in [3.05, 3.63) is 86.7 Å². The average molecular weight is 585 g/mol. The minimum atomic E-state index is -0.137. The van der Waals surface area contributed by atoms with E-state index in [0.29, 0.717) is 38.2 Å². The van der Waals surface area contributed by atoms with Gasteiger partial charge in [0.05, 0.1) is 35.9 Å². The molecule has 7 nitrogen and oxygen atoms in total. The smallest absolute Gasteiger partial charge is 0.266 e. The summed E-state index contributed by atoms with van der Waals surface area (Å²) in [6.07, 6.45) is 1.78. The summed E-state index contributed by atoms with van der Waals surface area (Å²) in [5, 5.41) is 1.64. The molecule has 2 aliphatic heterocycles. The Bertz CT molecular complexity index is 1410. The molecule has 5 rings (SSSR count). The van der Waals surface area contributed by atoms with Gasteiger partial charge in [0.15, 0.2) is 16.7 Å². The third kappa shape index (κ3) is 6.53. The predicted octanol–water partition coefficient (Wildman–Crippen LogP) is 6.65. The van der Waals surface area contributed by atoms with Crippen molar-refractivity contribution in [2.45, 2.75) is 6.61 Å². The van der Waals surface area contributed by atoms with Crippen molar-refractivity contribution in [3.8, 4) is 11.5 Å². The number of halogens is 2. The van der Waals surface area contributed by atoms with E-state index in [1.165, 1.54) is 11.8 Å². The number of rotatable bonds is 7. The van der Waals surface area contributed by atoms with Crippen LogP contribution in [0.2, 0.25) is 10.0 Å². The van der Waals surface area contributed by atoms with E-state index in [9.17, 15) is 4.79 Å². The molecule has 39 heavy (non-hydrogen) atoms. The standard InChI is InChI=1S/C29H27Cl2N3O4S/c1-33-28(35)26(39-29(33)32-22-7-9-23(10-8-22)34-11-13-37-14-12-34)17-20-15-24(31)27(25(16-20)36-2)38-18-19-3-5-21(30)6-4-19/h3-10,15-17H,11-14,18H2,1-2H3/b26-17-,32-29?. The van der Waals surface area contributed by atoms with Gasteiger partial charge in [-0.25, -0.2) is 4.99 Å². The topological polar surface area (TPSA) is 63.6 Å². The van der Waals surface area contributed by atoms with Crippen LogP contribution in [-0.2, 0) is 16.1 Å². The number of amides is 1. The second kappa shape index (κ2) is 12.3. The van der Waals surface area contributed by atoms with Crippen LogP contribution in [0.1, 0.15) is 11.1 Å². The maximum absolute atomic E-state index is 13.0. The summed E-state index contributed by atoms with van der Waals surface area (Å²) < 4.78 is 16.9. The zero-order chi connectivity index (χ0) is 27.4. The molecule has 0 bridgehead atoms. The summed E-state index contributed by atoms with van der Waals surface area (Å²) in [6.45, 7) is 3.52. The second-order valence-electron chi connectivity index (χ2n) is 8.93. The first-order valence-electron chi connectivity index (χ1n) is 12.3. The molecule has 0 radical (unpaired) electrons. The zero-order valence-electron chi connectivity index (χ0n) is 21.5. The highest BCUT2D eigenvalue weighted by Gasteiger charge is 2.30. The number of hydrogen-bond acceptors (Lipinski definition) is 7. The Hall–Kier alpha value is -3.17. The Kier molecular flexibility index (Phi) is 8.67. The molecular formula is C29H27Cl2N3O4S. The summed E-state index contributed by atoms with van der Waals surface area (Å²) in [6, 6.07) is 19.0. The van der Waals surface area contributed by atoms with Crippen molar-refractivity contribution < 1.29 is 19.0 Å². The largest absolute Gasteiger partial charge is 0.493 e. The average Bonchev–Trinajstić information content (AvgIpc) is 3.21. The van der Waals surface area contributed by atoms with Gasteiger partial charge < -0.3 is 19.1 Å². The number of anilines is 1. The molecule has 2 heterocycles. The van der Waals surface area contributed by atoms with Crippen molar-refractivity contribution in [1.29, 1.82) is 0 Å². The van der Waals surface area contributed by atoms with Gasteiger partial charge in [-0.15, -0.1) is 0 Å². The Labute approximate surface area is 242 Å². The summed E-state index contributed by atoms with van der Waals surface area (Å²) in [7, 11) is 3.27. The van der Waals surface area contributed by atoms with Gasteiger partial charge in [-0.3, -0.25) is 9.69 Å². The highest BCUT2D eigenvalue weighted by molar-refractivity contribution is 8.18. The van der Waals surface area contributed by atoms with E-state index in [0.717, 1.165) is 48.8 Å². The Balaban J connectivity index is 1.31. The summed E-state index contributed by atoms with van der Waals surface area (Å²) in [5.41, 5.74) is 3.58. The van der Waals surface area contributed by atoms with Crippen LogP contribution in [0.15, 0.2) is 70.6 Å². The van der Waals surface area contributed by atoms with Crippen LogP contribution < -0.4 is 14.4 Å². The van der Waals surface area contributed by atoms with Crippen LogP contribution in [0.4, 0.5) is 11.4 Å². The quantitative estimate of drug-likeness (QED) is 0.290. The molecule has 0 saturated carbocycles. The van der Waals surface area contributed by atoms with Crippen LogP contribution in [-0.4, -0.2) is 56.4 Å². The molecule has 0 aliphatic carbocycles. The lowest BCUT2D eigenvalue weighted by Gasteiger charge is -2.28. The van der Waals surface area contributed by atoms with Crippen LogP contribution in [0.5, 0.6) is 11.5 Å². The van der Waals surface area contributed by atoms with Gasteiger partial charge in [-0.05, 0) is 77.5 Å². The molecule has 202 valence electrons. The van der Waals surface area contributed by atoms with Crippen LogP contribution in [0.25, 0.3) is 6.08 Å². The fraction of sp³-hybridized carbons (Fsp3) is 0.241. The highest BCUT2D eigenvalue weighted by atomic mass is 35.5. The first-order chi connectivity index (χ1) is 18.9. The minimum absolute atomic E-state index is 0.137. The summed E-state index contributed by atoms with van der Waals surface area (Å²) in [4.78, 5) is 22.1. The van der Waals surface area contributed by atoms with Gasteiger partial charge in [0, 0.05) is 30.8 Å². The molecule has 3 aromatic carbocycles. The highest BCUT2D eigenvalue weighted by Crippen LogP contribution is 2.39. The van der Waals surface area contributed by atoms with Crippen molar-refractivity contribution in [2.24, 2.45) is 4.99 Å². The van der Waals surface area contributed by atoms with Crippen molar-refractivity contribution in [3.63, 3.8) is 0 Å². The number of carbonyl (C=O) groups is 1. The number of carbonyl (C=O) groups excluding carboxylic acids is 1. The molecule has 0 N–H and O–H groups in total. The third-order valence-corrected chi connectivity index (χ3v) is 7.89. The molecule has 0 atom stereocenters. The molecule has 0 spiro atoms. The van der Waals surface area contributed by atoms with E-state index in [1.54, 1.807) is 49.4 Å². The van der Waals surface area contributed by atoms with E-state index in [4.69, 9.17) is 42.4 Å². The second-order valence-corrected chi connectivity index (χ2v) is 10.8. The number of nitrogens with zero attached hydrogens (tertiary/aromatic N) is 3.